The van der Waals surface area contributed by atoms with E-state index < -0.39 is 10.0 Å². The van der Waals surface area contributed by atoms with Gasteiger partial charge in [0.2, 0.25) is 10.0 Å². The fourth-order valence-electron chi connectivity index (χ4n) is 3.49. The maximum Gasteiger partial charge on any atom is 0.257 e. The van der Waals surface area contributed by atoms with Gasteiger partial charge in [-0.05, 0) is 59.6 Å². The Kier molecular flexibility index (Phi) is 7.22. The summed E-state index contributed by atoms with van der Waals surface area (Å²) in [5, 5.41) is 5.96. The Morgan fingerprint density at radius 2 is 1.50 bits per heavy atom. The summed E-state index contributed by atoms with van der Waals surface area (Å²) in [6.45, 7) is 8.62. The summed E-state index contributed by atoms with van der Waals surface area (Å²) in [7, 11) is -3.14. The van der Waals surface area contributed by atoms with Crippen LogP contribution in [0.4, 0.5) is 11.4 Å². The molecule has 0 aliphatic carbocycles. The van der Waals surface area contributed by atoms with E-state index in [1.807, 2.05) is 36.4 Å². The van der Waals surface area contributed by atoms with Gasteiger partial charge in [-0.25, -0.2) is 8.42 Å². The van der Waals surface area contributed by atoms with Gasteiger partial charge in [0.15, 0.2) is 5.11 Å². The van der Waals surface area contributed by atoms with Crippen molar-refractivity contribution in [1.82, 2.24) is 9.62 Å². The van der Waals surface area contributed by atoms with Crippen molar-refractivity contribution < 1.29 is 13.2 Å². The van der Waals surface area contributed by atoms with Gasteiger partial charge in [-0.1, -0.05) is 32.9 Å². The van der Waals surface area contributed by atoms with E-state index in [2.05, 4.69) is 36.3 Å². The zero-order valence-electron chi connectivity index (χ0n) is 18.9. The minimum Gasteiger partial charge on any atom is -0.369 e. The lowest BCUT2D eigenvalue weighted by atomic mass is 9.87. The number of nitrogens with zero attached hydrogens (tertiary/aromatic N) is 2. The van der Waals surface area contributed by atoms with Gasteiger partial charge in [-0.3, -0.25) is 10.1 Å². The molecule has 0 radical (unpaired) electrons. The van der Waals surface area contributed by atoms with Crippen LogP contribution >= 0.6 is 12.2 Å². The standard InChI is InChI=1S/C23H30N4O3S2/c1-23(2,3)18-7-5-17(6-8-18)21(28)25-22(31)24-19-9-11-20(12-10-19)26-13-15-27(16-14-26)32(4,29)30/h5-12H,13-16H2,1-4H3,(H2,24,25,28,31). The second-order valence-corrected chi connectivity index (χ2v) is 11.3. The Balaban J connectivity index is 1.53. The van der Waals surface area contributed by atoms with Gasteiger partial charge in [-0.2, -0.15) is 4.31 Å². The zero-order chi connectivity index (χ0) is 23.5. The zero-order valence-corrected chi connectivity index (χ0v) is 20.5. The molecule has 2 aromatic rings. The van der Waals surface area contributed by atoms with Crippen LogP contribution in [0, 0.1) is 0 Å². The number of carbonyl (C=O) groups is 1. The molecule has 1 saturated heterocycles. The van der Waals surface area contributed by atoms with Crippen LogP contribution in [-0.2, 0) is 15.4 Å². The molecular weight excluding hydrogens is 444 g/mol. The fraction of sp³-hybridized carbons (Fsp3) is 0.391. The number of rotatable bonds is 4. The lowest BCUT2D eigenvalue weighted by Crippen LogP contribution is -2.48. The predicted molar refractivity (Wildman–Crippen MR) is 134 cm³/mol. The SMILES string of the molecule is CC(C)(C)c1ccc(C(=O)NC(=S)Nc2ccc(N3CCN(S(C)(=O)=O)CC3)cc2)cc1. The molecule has 172 valence electrons. The summed E-state index contributed by atoms with van der Waals surface area (Å²) in [5.41, 5.74) is 3.51. The molecule has 1 aliphatic heterocycles. The van der Waals surface area contributed by atoms with Crippen molar-refractivity contribution in [3.8, 4) is 0 Å². The van der Waals surface area contributed by atoms with E-state index in [4.69, 9.17) is 12.2 Å². The molecule has 32 heavy (non-hydrogen) atoms. The molecule has 9 heteroatoms. The molecule has 0 spiro atoms. The largest absolute Gasteiger partial charge is 0.369 e. The fourth-order valence-corrected chi connectivity index (χ4v) is 4.53. The first kappa shape index (κ1) is 24.2. The molecule has 1 amide bonds. The Morgan fingerprint density at radius 3 is 2.00 bits per heavy atom. The average Bonchev–Trinajstić information content (AvgIpc) is 2.73. The number of hydrogen-bond donors (Lipinski definition) is 2. The third-order valence-corrected chi connectivity index (χ3v) is 6.95. The summed E-state index contributed by atoms with van der Waals surface area (Å²) >= 11 is 5.29. The van der Waals surface area contributed by atoms with E-state index in [1.54, 1.807) is 12.1 Å². The first-order valence-corrected chi connectivity index (χ1v) is 12.7. The third-order valence-electron chi connectivity index (χ3n) is 5.44. The molecule has 0 saturated carbocycles. The monoisotopic (exact) mass is 474 g/mol. The van der Waals surface area contributed by atoms with Crippen LogP contribution < -0.4 is 15.5 Å². The lowest BCUT2D eigenvalue weighted by Gasteiger charge is -2.34. The number of hydrogen-bond acceptors (Lipinski definition) is 5. The van der Waals surface area contributed by atoms with E-state index in [9.17, 15) is 13.2 Å². The summed E-state index contributed by atoms with van der Waals surface area (Å²) in [6, 6.07) is 15.2. The third kappa shape index (κ3) is 6.27. The number of amides is 1. The molecule has 3 rings (SSSR count). The Bertz CT molecular complexity index is 1070. The molecule has 1 heterocycles. The quantitative estimate of drug-likeness (QED) is 0.663. The van der Waals surface area contributed by atoms with Gasteiger partial charge in [0.05, 0.1) is 6.26 Å². The highest BCUT2D eigenvalue weighted by Crippen LogP contribution is 2.22. The highest BCUT2D eigenvalue weighted by Gasteiger charge is 2.23. The van der Waals surface area contributed by atoms with Gasteiger partial charge in [0.1, 0.15) is 0 Å². The van der Waals surface area contributed by atoms with Crippen LogP contribution in [0.1, 0.15) is 36.7 Å². The van der Waals surface area contributed by atoms with Crippen molar-refractivity contribution in [2.24, 2.45) is 0 Å². The minimum atomic E-state index is -3.14. The lowest BCUT2D eigenvalue weighted by molar-refractivity contribution is 0.0977. The van der Waals surface area contributed by atoms with Crippen LogP contribution in [0.2, 0.25) is 0 Å². The van der Waals surface area contributed by atoms with Crippen LogP contribution in [0.5, 0.6) is 0 Å². The molecular formula is C23H30N4O3S2. The van der Waals surface area contributed by atoms with Crippen molar-refractivity contribution in [2.45, 2.75) is 26.2 Å². The second-order valence-electron chi connectivity index (χ2n) is 8.93. The van der Waals surface area contributed by atoms with E-state index >= 15 is 0 Å². The predicted octanol–water partition coefficient (Wildman–Crippen LogP) is 3.19. The van der Waals surface area contributed by atoms with Gasteiger partial charge >= 0.3 is 0 Å². The molecule has 2 aromatic carbocycles. The Labute approximate surface area is 195 Å². The normalized spacial score (nSPS) is 15.3. The molecule has 7 nitrogen and oxygen atoms in total. The summed E-state index contributed by atoms with van der Waals surface area (Å²) < 4.78 is 24.8. The van der Waals surface area contributed by atoms with Crippen molar-refractivity contribution in [3.05, 3.63) is 59.7 Å². The Morgan fingerprint density at radius 1 is 0.938 bits per heavy atom. The highest BCUT2D eigenvalue weighted by atomic mass is 32.2. The van der Waals surface area contributed by atoms with Crippen LogP contribution in [0.3, 0.4) is 0 Å². The van der Waals surface area contributed by atoms with E-state index in [1.165, 1.54) is 10.6 Å². The molecule has 2 N–H and O–H groups in total. The maximum atomic E-state index is 12.5. The summed E-state index contributed by atoms with van der Waals surface area (Å²) in [6.07, 6.45) is 1.24. The maximum absolute atomic E-state index is 12.5. The van der Waals surface area contributed by atoms with Crippen LogP contribution in [0.15, 0.2) is 48.5 Å². The Hall–Kier alpha value is -2.49. The smallest absolute Gasteiger partial charge is 0.257 e. The molecule has 0 aromatic heterocycles. The average molecular weight is 475 g/mol. The van der Waals surface area contributed by atoms with Gasteiger partial charge < -0.3 is 10.2 Å². The van der Waals surface area contributed by atoms with Gasteiger partial charge in [-0.15, -0.1) is 0 Å². The summed E-state index contributed by atoms with van der Waals surface area (Å²) in [4.78, 5) is 14.6. The van der Waals surface area contributed by atoms with E-state index in [0.717, 1.165) is 16.9 Å². The molecule has 0 unspecified atom stereocenters. The number of nitrogens with one attached hydrogen (secondary N) is 2. The number of piperazine rings is 1. The van der Waals surface area contributed by atoms with E-state index in [0.29, 0.717) is 31.7 Å². The number of anilines is 2. The highest BCUT2D eigenvalue weighted by molar-refractivity contribution is 7.88. The first-order valence-electron chi connectivity index (χ1n) is 10.5. The topological polar surface area (TPSA) is 81.8 Å². The van der Waals surface area contributed by atoms with Crippen LogP contribution in [-0.4, -0.2) is 56.2 Å². The van der Waals surface area contributed by atoms with Crippen molar-refractivity contribution >= 4 is 44.6 Å². The molecule has 1 aliphatic rings. The first-order chi connectivity index (χ1) is 14.9. The van der Waals surface area contributed by atoms with Gasteiger partial charge in [0, 0.05) is 43.1 Å². The summed E-state index contributed by atoms with van der Waals surface area (Å²) in [5.74, 6) is -0.261. The minimum absolute atomic E-state index is 0.0271. The molecule has 0 bridgehead atoms. The molecule has 0 atom stereocenters. The molecule has 1 fully saturated rings. The van der Waals surface area contributed by atoms with Crippen molar-refractivity contribution in [3.63, 3.8) is 0 Å². The van der Waals surface area contributed by atoms with Crippen molar-refractivity contribution in [2.75, 3.05) is 42.7 Å². The van der Waals surface area contributed by atoms with Crippen LogP contribution in [0.25, 0.3) is 0 Å². The number of sulfonamides is 1. The number of carbonyl (C=O) groups excluding carboxylic acids is 1. The second kappa shape index (κ2) is 9.56. The van der Waals surface area contributed by atoms with Crippen molar-refractivity contribution in [1.29, 1.82) is 0 Å². The number of benzene rings is 2. The van der Waals surface area contributed by atoms with Gasteiger partial charge in [0.25, 0.3) is 5.91 Å². The number of thiocarbonyl (C=S) groups is 1. The van der Waals surface area contributed by atoms with E-state index in [-0.39, 0.29) is 16.4 Å².